The van der Waals surface area contributed by atoms with Crippen LogP contribution in [-0.2, 0) is 9.59 Å². The molecule has 0 saturated carbocycles. The van der Waals surface area contributed by atoms with Gasteiger partial charge in [0.1, 0.15) is 6.04 Å². The summed E-state index contributed by atoms with van der Waals surface area (Å²) in [5.74, 6) is -2.30. The lowest BCUT2D eigenvalue weighted by Gasteiger charge is -2.22. The Labute approximate surface area is 111 Å². The zero-order valence-corrected chi connectivity index (χ0v) is 11.2. The minimum Gasteiger partial charge on any atom is -0.481 e. The van der Waals surface area contributed by atoms with Crippen LogP contribution in [0, 0.1) is 5.41 Å². The van der Waals surface area contributed by atoms with Crippen molar-refractivity contribution in [1.82, 2.24) is 10.2 Å². The molecule has 108 valence electrons. The maximum Gasteiger partial charge on any atom is 0.326 e. The first-order chi connectivity index (χ1) is 8.71. The molecule has 3 N–H and O–H groups in total. The van der Waals surface area contributed by atoms with Crippen LogP contribution in [0.3, 0.4) is 0 Å². The molecule has 0 aliphatic carbocycles. The minimum absolute atomic E-state index is 0.0388. The Morgan fingerprint density at radius 2 is 1.95 bits per heavy atom. The van der Waals surface area contributed by atoms with Crippen LogP contribution in [0.25, 0.3) is 0 Å². The van der Waals surface area contributed by atoms with E-state index in [0.717, 1.165) is 6.42 Å². The van der Waals surface area contributed by atoms with Crippen LogP contribution in [0.1, 0.15) is 33.1 Å². The van der Waals surface area contributed by atoms with Crippen molar-refractivity contribution in [1.29, 1.82) is 0 Å². The SMILES string of the molecule is CC1(C)CCN(C(=O)NC(CCC(=O)O)C(=O)O)C1. The van der Waals surface area contributed by atoms with Gasteiger partial charge in [0, 0.05) is 19.5 Å². The molecule has 0 aromatic heterocycles. The first-order valence-corrected chi connectivity index (χ1v) is 6.21. The smallest absolute Gasteiger partial charge is 0.326 e. The van der Waals surface area contributed by atoms with Crippen LogP contribution in [-0.4, -0.2) is 52.2 Å². The average Bonchev–Trinajstić information content (AvgIpc) is 2.64. The van der Waals surface area contributed by atoms with Gasteiger partial charge in [0.2, 0.25) is 0 Å². The molecule has 0 spiro atoms. The Morgan fingerprint density at radius 3 is 2.37 bits per heavy atom. The Kier molecular flexibility index (Phi) is 4.74. The van der Waals surface area contributed by atoms with Crippen molar-refractivity contribution in [3.05, 3.63) is 0 Å². The third-order valence-corrected chi connectivity index (χ3v) is 3.21. The highest BCUT2D eigenvalue weighted by molar-refractivity contribution is 5.83. The third-order valence-electron chi connectivity index (χ3n) is 3.21. The number of nitrogens with zero attached hydrogens (tertiary/aromatic N) is 1. The van der Waals surface area contributed by atoms with Gasteiger partial charge >= 0.3 is 18.0 Å². The normalized spacial score (nSPS) is 18.9. The quantitative estimate of drug-likeness (QED) is 0.684. The van der Waals surface area contributed by atoms with E-state index in [0.29, 0.717) is 13.1 Å². The van der Waals surface area contributed by atoms with Gasteiger partial charge in [-0.15, -0.1) is 0 Å². The molecular weight excluding hydrogens is 252 g/mol. The van der Waals surface area contributed by atoms with Gasteiger partial charge in [0.05, 0.1) is 0 Å². The number of rotatable bonds is 5. The monoisotopic (exact) mass is 272 g/mol. The van der Waals surface area contributed by atoms with E-state index in [4.69, 9.17) is 10.2 Å². The van der Waals surface area contributed by atoms with Crippen LogP contribution in [0.2, 0.25) is 0 Å². The van der Waals surface area contributed by atoms with Crippen molar-refractivity contribution >= 4 is 18.0 Å². The van der Waals surface area contributed by atoms with E-state index in [2.05, 4.69) is 5.32 Å². The lowest BCUT2D eigenvalue weighted by Crippen LogP contribution is -2.47. The topological polar surface area (TPSA) is 107 Å². The maximum atomic E-state index is 11.9. The number of hydrogen-bond donors (Lipinski definition) is 3. The number of nitrogens with one attached hydrogen (secondary N) is 1. The first-order valence-electron chi connectivity index (χ1n) is 6.21. The zero-order chi connectivity index (χ0) is 14.6. The fourth-order valence-corrected chi connectivity index (χ4v) is 2.05. The predicted octanol–water partition coefficient (Wildman–Crippen LogP) is 0.746. The van der Waals surface area contributed by atoms with E-state index in [-0.39, 0.29) is 18.3 Å². The van der Waals surface area contributed by atoms with Gasteiger partial charge in [-0.1, -0.05) is 13.8 Å². The summed E-state index contributed by atoms with van der Waals surface area (Å²) in [5, 5.41) is 19.9. The number of carboxylic acids is 2. The molecule has 0 aromatic carbocycles. The highest BCUT2D eigenvalue weighted by Gasteiger charge is 2.33. The molecule has 1 heterocycles. The number of aliphatic carboxylic acids is 2. The van der Waals surface area contributed by atoms with Gasteiger partial charge in [-0.3, -0.25) is 4.79 Å². The molecule has 1 unspecified atom stereocenters. The molecule has 1 atom stereocenters. The molecule has 1 rings (SSSR count). The Hall–Kier alpha value is -1.79. The number of hydrogen-bond acceptors (Lipinski definition) is 3. The van der Waals surface area contributed by atoms with E-state index < -0.39 is 24.0 Å². The van der Waals surface area contributed by atoms with Gasteiger partial charge in [-0.05, 0) is 18.3 Å². The second-order valence-corrected chi connectivity index (χ2v) is 5.61. The zero-order valence-electron chi connectivity index (χ0n) is 11.2. The molecule has 1 saturated heterocycles. The van der Waals surface area contributed by atoms with E-state index in [1.54, 1.807) is 4.90 Å². The lowest BCUT2D eigenvalue weighted by atomic mass is 9.93. The first kappa shape index (κ1) is 15.3. The average molecular weight is 272 g/mol. The van der Waals surface area contributed by atoms with E-state index in [9.17, 15) is 14.4 Å². The molecule has 2 amide bonds. The summed E-state index contributed by atoms with van der Waals surface area (Å²) >= 11 is 0. The molecule has 0 aromatic rings. The van der Waals surface area contributed by atoms with Crippen molar-refractivity contribution in [2.75, 3.05) is 13.1 Å². The minimum atomic E-state index is -1.21. The molecule has 7 nitrogen and oxygen atoms in total. The molecule has 0 bridgehead atoms. The Morgan fingerprint density at radius 1 is 1.32 bits per heavy atom. The number of carbonyl (C=O) groups excluding carboxylic acids is 1. The summed E-state index contributed by atoms with van der Waals surface area (Å²) in [5.41, 5.74) is 0.0388. The second-order valence-electron chi connectivity index (χ2n) is 5.61. The molecule has 1 aliphatic rings. The van der Waals surface area contributed by atoms with Crippen LogP contribution in [0.4, 0.5) is 4.79 Å². The molecule has 0 radical (unpaired) electrons. The highest BCUT2D eigenvalue weighted by atomic mass is 16.4. The van der Waals surface area contributed by atoms with Gasteiger partial charge in [-0.25, -0.2) is 9.59 Å². The summed E-state index contributed by atoms with van der Waals surface area (Å²) in [7, 11) is 0. The Bertz CT molecular complexity index is 380. The van der Waals surface area contributed by atoms with Crippen LogP contribution in [0.15, 0.2) is 0 Å². The molecular formula is C12H20N2O5. The molecule has 19 heavy (non-hydrogen) atoms. The van der Waals surface area contributed by atoms with Crippen LogP contribution >= 0.6 is 0 Å². The van der Waals surface area contributed by atoms with Gasteiger partial charge in [-0.2, -0.15) is 0 Å². The van der Waals surface area contributed by atoms with Crippen molar-refractivity contribution in [3.8, 4) is 0 Å². The van der Waals surface area contributed by atoms with Crippen molar-refractivity contribution < 1.29 is 24.6 Å². The number of carbonyl (C=O) groups is 3. The predicted molar refractivity (Wildman–Crippen MR) is 66.8 cm³/mol. The second kappa shape index (κ2) is 5.90. The summed E-state index contributed by atoms with van der Waals surface area (Å²) in [6.07, 6.45) is 0.462. The van der Waals surface area contributed by atoms with Gasteiger partial charge in [0.25, 0.3) is 0 Å². The summed E-state index contributed by atoms with van der Waals surface area (Å²) in [6.45, 7) is 5.24. The largest absolute Gasteiger partial charge is 0.481 e. The number of amides is 2. The molecule has 7 heteroatoms. The van der Waals surface area contributed by atoms with Gasteiger partial charge < -0.3 is 20.4 Å². The van der Waals surface area contributed by atoms with Crippen molar-refractivity contribution in [2.45, 2.75) is 39.2 Å². The standard InChI is InChI=1S/C12H20N2O5/c1-12(2)5-6-14(7-12)11(19)13-8(10(17)18)3-4-9(15)16/h8H,3-7H2,1-2H3,(H,13,19)(H,15,16)(H,17,18). The summed E-state index contributed by atoms with van der Waals surface area (Å²) in [4.78, 5) is 34.9. The van der Waals surface area contributed by atoms with Gasteiger partial charge in [0.15, 0.2) is 0 Å². The Balaban J connectivity index is 2.52. The summed E-state index contributed by atoms with van der Waals surface area (Å²) < 4.78 is 0. The summed E-state index contributed by atoms with van der Waals surface area (Å²) in [6, 6.07) is -1.60. The van der Waals surface area contributed by atoms with E-state index >= 15 is 0 Å². The maximum absolute atomic E-state index is 11.9. The molecule has 1 aliphatic heterocycles. The number of likely N-dealkylation sites (tertiary alicyclic amines) is 1. The highest BCUT2D eigenvalue weighted by Crippen LogP contribution is 2.28. The lowest BCUT2D eigenvalue weighted by molar-refractivity contribution is -0.140. The fraction of sp³-hybridized carbons (Fsp3) is 0.750. The van der Waals surface area contributed by atoms with Crippen LogP contribution in [0.5, 0.6) is 0 Å². The fourth-order valence-electron chi connectivity index (χ4n) is 2.05. The van der Waals surface area contributed by atoms with E-state index in [1.165, 1.54) is 0 Å². The van der Waals surface area contributed by atoms with Crippen molar-refractivity contribution in [2.24, 2.45) is 5.41 Å². The van der Waals surface area contributed by atoms with Crippen molar-refractivity contribution in [3.63, 3.8) is 0 Å². The van der Waals surface area contributed by atoms with E-state index in [1.807, 2.05) is 13.8 Å². The number of carboxylic acid groups (broad SMARTS) is 2. The third kappa shape index (κ3) is 4.76. The number of urea groups is 1. The van der Waals surface area contributed by atoms with Crippen LogP contribution < -0.4 is 5.32 Å². The molecule has 1 fully saturated rings.